The van der Waals surface area contributed by atoms with Crippen LogP contribution in [0.1, 0.15) is 5.56 Å². The van der Waals surface area contributed by atoms with E-state index in [-0.39, 0.29) is 0 Å². The lowest BCUT2D eigenvalue weighted by Crippen LogP contribution is -2.04. The Morgan fingerprint density at radius 1 is 1.00 bits per heavy atom. The highest BCUT2D eigenvalue weighted by Crippen LogP contribution is 2.18. The molecule has 100 valence electrons. The summed E-state index contributed by atoms with van der Waals surface area (Å²) in [5.74, 6) is 1.88. The molecule has 2 aromatic rings. The monoisotopic (exact) mass is 273 g/mol. The van der Waals surface area contributed by atoms with Crippen molar-refractivity contribution in [1.29, 1.82) is 0 Å². The molecule has 2 rings (SSSR count). The molecule has 2 N–H and O–H groups in total. The van der Waals surface area contributed by atoms with Crippen LogP contribution in [-0.4, -0.2) is 18.9 Å². The number of thioether (sulfide) groups is 1. The van der Waals surface area contributed by atoms with Gasteiger partial charge in [0.15, 0.2) is 0 Å². The Hall–Kier alpha value is -1.45. The Morgan fingerprint density at radius 3 is 2.63 bits per heavy atom. The fourth-order valence-corrected chi connectivity index (χ4v) is 2.55. The highest BCUT2D eigenvalue weighted by Gasteiger charge is 1.97. The van der Waals surface area contributed by atoms with Gasteiger partial charge in [-0.15, -0.1) is 11.8 Å². The Labute approximate surface area is 119 Å². The summed E-state index contributed by atoms with van der Waals surface area (Å²) in [6.45, 7) is 1.39. The van der Waals surface area contributed by atoms with Crippen LogP contribution in [0.25, 0.3) is 0 Å². The number of hydrogen-bond donors (Lipinski definition) is 1. The standard InChI is InChI=1S/C16H19NOS/c17-10-9-14-5-4-6-15(13-14)18-11-12-19-16-7-2-1-3-8-16/h1-8,13H,9-12,17H2. The largest absolute Gasteiger partial charge is 0.493 e. The van der Waals surface area contributed by atoms with Gasteiger partial charge >= 0.3 is 0 Å². The minimum Gasteiger partial charge on any atom is -0.493 e. The van der Waals surface area contributed by atoms with Crippen molar-refractivity contribution >= 4 is 11.8 Å². The lowest BCUT2D eigenvalue weighted by molar-refractivity contribution is 0.343. The van der Waals surface area contributed by atoms with Crippen LogP contribution in [0, 0.1) is 0 Å². The third-order valence-corrected chi connectivity index (χ3v) is 3.67. The van der Waals surface area contributed by atoms with Crippen molar-refractivity contribution in [3.63, 3.8) is 0 Å². The van der Waals surface area contributed by atoms with Crippen molar-refractivity contribution in [3.8, 4) is 5.75 Å². The number of nitrogens with two attached hydrogens (primary N) is 1. The molecule has 2 nitrogen and oxygen atoms in total. The van der Waals surface area contributed by atoms with E-state index < -0.39 is 0 Å². The van der Waals surface area contributed by atoms with Crippen molar-refractivity contribution in [1.82, 2.24) is 0 Å². The summed E-state index contributed by atoms with van der Waals surface area (Å²) in [6.07, 6.45) is 0.899. The number of hydrogen-bond acceptors (Lipinski definition) is 3. The molecule has 0 unspecified atom stereocenters. The second kappa shape index (κ2) is 7.87. The molecular weight excluding hydrogens is 254 g/mol. The average Bonchev–Trinajstić information content (AvgIpc) is 2.46. The quantitative estimate of drug-likeness (QED) is 0.620. The van der Waals surface area contributed by atoms with Gasteiger partial charge in [-0.2, -0.15) is 0 Å². The average molecular weight is 273 g/mol. The van der Waals surface area contributed by atoms with Gasteiger partial charge in [0, 0.05) is 10.6 Å². The van der Waals surface area contributed by atoms with Crippen LogP contribution in [0.15, 0.2) is 59.5 Å². The molecule has 0 fully saturated rings. The first kappa shape index (κ1) is 14.0. The van der Waals surface area contributed by atoms with Crippen LogP contribution >= 0.6 is 11.8 Å². The van der Waals surface area contributed by atoms with E-state index in [1.54, 1.807) is 0 Å². The van der Waals surface area contributed by atoms with Crippen LogP contribution in [0.4, 0.5) is 0 Å². The van der Waals surface area contributed by atoms with Crippen LogP contribution < -0.4 is 10.5 Å². The minimum absolute atomic E-state index is 0.674. The minimum atomic E-state index is 0.674. The van der Waals surface area contributed by atoms with Crippen LogP contribution in [-0.2, 0) is 6.42 Å². The molecule has 0 saturated heterocycles. The smallest absolute Gasteiger partial charge is 0.119 e. The van der Waals surface area contributed by atoms with Gasteiger partial charge in [0.05, 0.1) is 6.61 Å². The molecule has 0 aromatic heterocycles. The lowest BCUT2D eigenvalue weighted by atomic mass is 10.1. The van der Waals surface area contributed by atoms with Gasteiger partial charge in [0.2, 0.25) is 0 Å². The molecule has 0 aliphatic carbocycles. The molecular formula is C16H19NOS. The molecule has 0 aliphatic heterocycles. The van der Waals surface area contributed by atoms with E-state index in [9.17, 15) is 0 Å². The molecule has 19 heavy (non-hydrogen) atoms. The van der Waals surface area contributed by atoms with Gasteiger partial charge < -0.3 is 10.5 Å². The maximum atomic E-state index is 5.75. The summed E-state index contributed by atoms with van der Waals surface area (Å²) in [6, 6.07) is 18.5. The van der Waals surface area contributed by atoms with E-state index in [1.807, 2.05) is 30.0 Å². The Balaban J connectivity index is 1.75. The van der Waals surface area contributed by atoms with Crippen molar-refractivity contribution in [2.24, 2.45) is 5.73 Å². The Kier molecular flexibility index (Phi) is 5.79. The van der Waals surface area contributed by atoms with E-state index in [0.29, 0.717) is 13.2 Å². The van der Waals surface area contributed by atoms with Crippen molar-refractivity contribution in [2.45, 2.75) is 11.3 Å². The van der Waals surface area contributed by atoms with Crippen molar-refractivity contribution in [3.05, 3.63) is 60.2 Å². The third-order valence-electron chi connectivity index (χ3n) is 2.70. The molecule has 2 aromatic carbocycles. The zero-order chi connectivity index (χ0) is 13.3. The maximum absolute atomic E-state index is 5.75. The number of benzene rings is 2. The lowest BCUT2D eigenvalue weighted by Gasteiger charge is -2.07. The molecule has 0 spiro atoms. The van der Waals surface area contributed by atoms with E-state index in [0.717, 1.165) is 17.9 Å². The summed E-state index contributed by atoms with van der Waals surface area (Å²) in [5, 5.41) is 0. The maximum Gasteiger partial charge on any atom is 0.119 e. The second-order valence-corrected chi connectivity index (χ2v) is 5.36. The summed E-state index contributed by atoms with van der Waals surface area (Å²) < 4.78 is 5.75. The van der Waals surface area contributed by atoms with Gasteiger partial charge in [-0.25, -0.2) is 0 Å². The normalized spacial score (nSPS) is 10.4. The molecule has 0 aliphatic rings. The van der Waals surface area contributed by atoms with Gasteiger partial charge in [0.1, 0.15) is 5.75 Å². The summed E-state index contributed by atoms with van der Waals surface area (Å²) in [4.78, 5) is 1.28. The van der Waals surface area contributed by atoms with Crippen molar-refractivity contribution < 1.29 is 4.74 Å². The van der Waals surface area contributed by atoms with Crippen LogP contribution in [0.3, 0.4) is 0 Å². The third kappa shape index (κ3) is 4.97. The summed E-state index contributed by atoms with van der Waals surface area (Å²) >= 11 is 1.81. The first-order chi connectivity index (χ1) is 9.38. The SMILES string of the molecule is NCCc1cccc(OCCSc2ccccc2)c1. The number of rotatable bonds is 7. The zero-order valence-corrected chi connectivity index (χ0v) is 11.7. The molecule has 0 amide bonds. The molecule has 0 saturated carbocycles. The van der Waals surface area contributed by atoms with Gasteiger partial charge in [0.25, 0.3) is 0 Å². The first-order valence-corrected chi connectivity index (χ1v) is 7.47. The number of ether oxygens (including phenoxy) is 1. The Bertz CT molecular complexity index is 487. The van der Waals surface area contributed by atoms with Crippen LogP contribution in [0.5, 0.6) is 5.75 Å². The van der Waals surface area contributed by atoms with Gasteiger partial charge in [-0.05, 0) is 42.8 Å². The van der Waals surface area contributed by atoms with Gasteiger partial charge in [-0.3, -0.25) is 0 Å². The highest BCUT2D eigenvalue weighted by molar-refractivity contribution is 7.99. The molecule has 3 heteroatoms. The highest BCUT2D eigenvalue weighted by atomic mass is 32.2. The van der Waals surface area contributed by atoms with E-state index in [1.165, 1.54) is 10.5 Å². The van der Waals surface area contributed by atoms with E-state index >= 15 is 0 Å². The topological polar surface area (TPSA) is 35.2 Å². The van der Waals surface area contributed by atoms with E-state index in [2.05, 4.69) is 36.4 Å². The predicted octanol–water partition coefficient (Wildman–Crippen LogP) is 3.36. The summed E-state index contributed by atoms with van der Waals surface area (Å²) in [5.41, 5.74) is 6.78. The zero-order valence-electron chi connectivity index (χ0n) is 10.9. The molecule has 0 heterocycles. The van der Waals surface area contributed by atoms with Gasteiger partial charge in [-0.1, -0.05) is 30.3 Å². The van der Waals surface area contributed by atoms with Crippen molar-refractivity contribution in [2.75, 3.05) is 18.9 Å². The fourth-order valence-electron chi connectivity index (χ4n) is 1.79. The molecule has 0 bridgehead atoms. The predicted molar refractivity (Wildman–Crippen MR) is 81.9 cm³/mol. The molecule has 0 radical (unpaired) electrons. The Morgan fingerprint density at radius 2 is 1.84 bits per heavy atom. The van der Waals surface area contributed by atoms with Crippen LogP contribution in [0.2, 0.25) is 0 Å². The van der Waals surface area contributed by atoms with E-state index in [4.69, 9.17) is 10.5 Å². The second-order valence-electron chi connectivity index (χ2n) is 4.20. The molecule has 0 atom stereocenters. The first-order valence-electron chi connectivity index (χ1n) is 6.48. The summed E-state index contributed by atoms with van der Waals surface area (Å²) in [7, 11) is 0. The fraction of sp³-hybridized carbons (Fsp3) is 0.250.